The fraction of sp³-hybridized carbons (Fsp3) is 0.364. The van der Waals surface area contributed by atoms with Gasteiger partial charge in [0.05, 0.1) is 0 Å². The van der Waals surface area contributed by atoms with E-state index in [0.29, 0.717) is 5.92 Å². The monoisotopic (exact) mass is 165 g/mol. The molecule has 0 aliphatic rings. The third-order valence-corrected chi connectivity index (χ3v) is 2.21. The molecule has 12 heavy (non-hydrogen) atoms. The first-order valence-electron chi connectivity index (χ1n) is 4.20. The van der Waals surface area contributed by atoms with Gasteiger partial charge in [0.15, 0.2) is 0 Å². The third kappa shape index (κ3) is 1.84. The van der Waals surface area contributed by atoms with Gasteiger partial charge in [0, 0.05) is 0 Å². The van der Waals surface area contributed by atoms with Gasteiger partial charge in [-0.25, -0.2) is 4.39 Å². The lowest BCUT2D eigenvalue weighted by Crippen LogP contribution is -1.95. The van der Waals surface area contributed by atoms with Crippen LogP contribution in [0.5, 0.6) is 0 Å². The number of halogens is 1. The summed E-state index contributed by atoms with van der Waals surface area (Å²) in [6.07, 6.45) is 0.810. The second-order valence-corrected chi connectivity index (χ2v) is 3.19. The van der Waals surface area contributed by atoms with Crippen molar-refractivity contribution in [2.45, 2.75) is 26.2 Å². The number of aryl methyl sites for hydroxylation is 1. The van der Waals surface area contributed by atoms with Crippen LogP contribution < -0.4 is 0 Å². The summed E-state index contributed by atoms with van der Waals surface area (Å²) in [5.74, 6) is 0.191. The summed E-state index contributed by atoms with van der Waals surface area (Å²) in [4.78, 5) is 0. The van der Waals surface area contributed by atoms with E-state index in [1.165, 1.54) is 6.07 Å². The van der Waals surface area contributed by atoms with Crippen molar-refractivity contribution in [3.8, 4) is 0 Å². The smallest absolute Gasteiger partial charge is 0.123 e. The first kappa shape index (κ1) is 9.24. The number of rotatable bonds is 2. The molecule has 0 bridgehead atoms. The van der Waals surface area contributed by atoms with Crippen LogP contribution in [0.25, 0.3) is 0 Å². The molecule has 0 nitrogen and oxygen atoms in total. The van der Waals surface area contributed by atoms with Crippen LogP contribution in [-0.2, 0) is 0 Å². The fourth-order valence-corrected chi connectivity index (χ4v) is 1.30. The molecule has 65 valence electrons. The molecule has 1 rings (SSSR count). The predicted octanol–water partition coefficient (Wildman–Crippen LogP) is 3.46. The zero-order valence-electron chi connectivity index (χ0n) is 7.60. The third-order valence-electron chi connectivity index (χ3n) is 2.21. The predicted molar refractivity (Wildman–Crippen MR) is 49.5 cm³/mol. The minimum absolute atomic E-state index is 0.157. The van der Waals surface area contributed by atoms with Crippen LogP contribution in [0.1, 0.15) is 30.4 Å². The molecular weight excluding hydrogens is 151 g/mol. The largest absolute Gasteiger partial charge is 0.207 e. The molecule has 1 atom stereocenters. The van der Waals surface area contributed by atoms with Gasteiger partial charge in [-0.1, -0.05) is 19.9 Å². The molecule has 0 aromatic heterocycles. The van der Waals surface area contributed by atoms with Crippen molar-refractivity contribution in [1.29, 1.82) is 0 Å². The van der Waals surface area contributed by atoms with Gasteiger partial charge in [-0.3, -0.25) is 0 Å². The molecule has 0 spiro atoms. The van der Waals surface area contributed by atoms with Gasteiger partial charge in [0.2, 0.25) is 0 Å². The van der Waals surface area contributed by atoms with Crippen LogP contribution in [0.3, 0.4) is 0 Å². The number of hydrogen-bond acceptors (Lipinski definition) is 0. The molecule has 1 unspecified atom stereocenters. The Balaban J connectivity index is 3.04. The average molecular weight is 165 g/mol. The normalized spacial score (nSPS) is 13.0. The summed E-state index contributed by atoms with van der Waals surface area (Å²) < 4.78 is 12.8. The molecule has 0 N–H and O–H groups in total. The summed E-state index contributed by atoms with van der Waals surface area (Å²) in [6, 6.07) is 4.91. The lowest BCUT2D eigenvalue weighted by Gasteiger charge is -2.11. The average Bonchev–Trinajstić information content (AvgIpc) is 2.08. The molecule has 0 aliphatic heterocycles. The van der Waals surface area contributed by atoms with Crippen molar-refractivity contribution in [3.05, 3.63) is 42.1 Å². The standard InChI is InChI=1S/C11H14F/c1-4-8(2)11-7-10(12)6-5-9(11)3/h5-8H,1,4H2,2-3H3. The maximum atomic E-state index is 12.8. The second kappa shape index (κ2) is 3.70. The van der Waals surface area contributed by atoms with Gasteiger partial charge < -0.3 is 0 Å². The van der Waals surface area contributed by atoms with E-state index in [2.05, 4.69) is 13.8 Å². The molecule has 1 aromatic rings. The van der Waals surface area contributed by atoms with E-state index in [1.807, 2.05) is 13.0 Å². The SMILES string of the molecule is [CH2]CC(C)c1cc(F)ccc1C. The van der Waals surface area contributed by atoms with E-state index < -0.39 is 0 Å². The van der Waals surface area contributed by atoms with Crippen molar-refractivity contribution >= 4 is 0 Å². The summed E-state index contributed by atoms with van der Waals surface area (Å²) >= 11 is 0. The van der Waals surface area contributed by atoms with E-state index in [-0.39, 0.29) is 5.82 Å². The molecule has 1 heteroatoms. The Morgan fingerprint density at radius 2 is 2.17 bits per heavy atom. The van der Waals surface area contributed by atoms with Gasteiger partial charge in [-0.05, 0) is 42.5 Å². The summed E-state index contributed by atoms with van der Waals surface area (Å²) in [6.45, 7) is 7.88. The highest BCUT2D eigenvalue weighted by Crippen LogP contribution is 2.22. The number of hydrogen-bond donors (Lipinski definition) is 0. The molecule has 0 saturated heterocycles. The molecule has 0 aliphatic carbocycles. The van der Waals surface area contributed by atoms with Crippen LogP contribution >= 0.6 is 0 Å². The highest BCUT2D eigenvalue weighted by atomic mass is 19.1. The van der Waals surface area contributed by atoms with E-state index in [0.717, 1.165) is 17.5 Å². The van der Waals surface area contributed by atoms with Gasteiger partial charge in [-0.2, -0.15) is 0 Å². The Bertz CT molecular complexity index is 266. The van der Waals surface area contributed by atoms with Crippen LogP contribution in [0, 0.1) is 19.7 Å². The Morgan fingerprint density at radius 1 is 1.50 bits per heavy atom. The van der Waals surface area contributed by atoms with Gasteiger partial charge >= 0.3 is 0 Å². The summed E-state index contributed by atoms with van der Waals surface area (Å²) in [5.41, 5.74) is 2.22. The molecule has 1 aromatic carbocycles. The van der Waals surface area contributed by atoms with E-state index in [9.17, 15) is 4.39 Å². The zero-order valence-corrected chi connectivity index (χ0v) is 7.60. The van der Waals surface area contributed by atoms with E-state index >= 15 is 0 Å². The van der Waals surface area contributed by atoms with Crippen molar-refractivity contribution in [2.24, 2.45) is 0 Å². The minimum Gasteiger partial charge on any atom is -0.207 e. The van der Waals surface area contributed by atoms with E-state index in [1.54, 1.807) is 6.07 Å². The zero-order chi connectivity index (χ0) is 9.14. The molecule has 1 radical (unpaired) electrons. The van der Waals surface area contributed by atoms with Crippen molar-refractivity contribution < 1.29 is 4.39 Å². The van der Waals surface area contributed by atoms with E-state index in [4.69, 9.17) is 0 Å². The topological polar surface area (TPSA) is 0 Å². The highest BCUT2D eigenvalue weighted by molar-refractivity contribution is 5.29. The molecule has 0 fully saturated rings. The van der Waals surface area contributed by atoms with Crippen molar-refractivity contribution in [3.63, 3.8) is 0 Å². The first-order valence-corrected chi connectivity index (χ1v) is 4.20. The fourth-order valence-electron chi connectivity index (χ4n) is 1.30. The van der Waals surface area contributed by atoms with Crippen LogP contribution in [0.4, 0.5) is 4.39 Å². The number of benzene rings is 1. The molecule has 0 heterocycles. The Morgan fingerprint density at radius 3 is 2.75 bits per heavy atom. The van der Waals surface area contributed by atoms with Crippen molar-refractivity contribution in [1.82, 2.24) is 0 Å². The summed E-state index contributed by atoms with van der Waals surface area (Å²) in [5, 5.41) is 0. The lowest BCUT2D eigenvalue weighted by atomic mass is 9.94. The Hall–Kier alpha value is -0.850. The first-order chi connectivity index (χ1) is 5.65. The summed E-state index contributed by atoms with van der Waals surface area (Å²) in [7, 11) is 0. The molecule has 0 amide bonds. The second-order valence-electron chi connectivity index (χ2n) is 3.19. The molecule has 0 saturated carbocycles. The maximum Gasteiger partial charge on any atom is 0.123 e. The maximum absolute atomic E-state index is 12.8. The van der Waals surface area contributed by atoms with Crippen molar-refractivity contribution in [2.75, 3.05) is 0 Å². The van der Waals surface area contributed by atoms with Crippen LogP contribution in [-0.4, -0.2) is 0 Å². The van der Waals surface area contributed by atoms with Gasteiger partial charge in [0.1, 0.15) is 5.82 Å². The van der Waals surface area contributed by atoms with Crippen LogP contribution in [0.2, 0.25) is 0 Å². The lowest BCUT2D eigenvalue weighted by molar-refractivity contribution is 0.620. The highest BCUT2D eigenvalue weighted by Gasteiger charge is 2.06. The Kier molecular flexibility index (Phi) is 2.85. The quantitative estimate of drug-likeness (QED) is 0.629. The van der Waals surface area contributed by atoms with Gasteiger partial charge in [-0.15, -0.1) is 0 Å². The van der Waals surface area contributed by atoms with Crippen LogP contribution in [0.15, 0.2) is 18.2 Å². The molecular formula is C11H14F. The van der Waals surface area contributed by atoms with Gasteiger partial charge in [0.25, 0.3) is 0 Å². The Labute approximate surface area is 73.4 Å². The minimum atomic E-state index is -0.157.